The standard InChI is InChI=1S/C23H19N3O4/c27-20(28)14-11-24-21(25-12-14)23(9-10-23)26-22(29)30-13-19-17-7-3-1-5-15(17)16-6-2-4-8-18(16)19/h1-8,11-12,19H,9-10,13H2,(H,26,29)(H,27,28). The van der Waals surface area contributed by atoms with Crippen LogP contribution in [0.1, 0.15) is 46.1 Å². The summed E-state index contributed by atoms with van der Waals surface area (Å²) in [5, 5.41) is 11.9. The molecule has 0 saturated heterocycles. The SMILES string of the molecule is O=C(NC1(c2ncc(C(=O)O)cn2)CC1)OCC1c2ccccc2-c2ccccc21. The molecule has 1 fully saturated rings. The number of fused-ring (bicyclic) bond motifs is 3. The summed E-state index contributed by atoms with van der Waals surface area (Å²) in [6, 6.07) is 16.3. The van der Waals surface area contributed by atoms with Crippen LogP contribution in [-0.2, 0) is 10.3 Å². The van der Waals surface area contributed by atoms with Crippen LogP contribution >= 0.6 is 0 Å². The number of rotatable bonds is 5. The van der Waals surface area contributed by atoms with Crippen molar-refractivity contribution in [1.29, 1.82) is 0 Å². The lowest BCUT2D eigenvalue weighted by Gasteiger charge is -2.18. The number of carbonyl (C=O) groups excluding carboxylic acids is 1. The van der Waals surface area contributed by atoms with Gasteiger partial charge in [0.15, 0.2) is 5.82 Å². The Hall–Kier alpha value is -3.74. The monoisotopic (exact) mass is 401 g/mol. The predicted octanol–water partition coefficient (Wildman–Crippen LogP) is 3.70. The molecule has 7 nitrogen and oxygen atoms in total. The summed E-state index contributed by atoms with van der Waals surface area (Å²) in [5.74, 6) is -0.693. The lowest BCUT2D eigenvalue weighted by molar-refractivity contribution is 0.0695. The van der Waals surface area contributed by atoms with E-state index in [0.717, 1.165) is 11.1 Å². The number of hydrogen-bond donors (Lipinski definition) is 2. The van der Waals surface area contributed by atoms with Crippen LogP contribution in [0.5, 0.6) is 0 Å². The second kappa shape index (κ2) is 6.95. The predicted molar refractivity (Wildman–Crippen MR) is 108 cm³/mol. The molecule has 0 spiro atoms. The molecule has 1 heterocycles. The molecule has 0 atom stereocenters. The summed E-state index contributed by atoms with van der Waals surface area (Å²) in [6.07, 6.45) is 3.35. The summed E-state index contributed by atoms with van der Waals surface area (Å²) in [6.45, 7) is 0.231. The van der Waals surface area contributed by atoms with Crippen molar-refractivity contribution < 1.29 is 19.4 Å². The number of nitrogens with one attached hydrogen (secondary N) is 1. The number of carboxylic acids is 1. The van der Waals surface area contributed by atoms with Crippen molar-refractivity contribution in [2.24, 2.45) is 0 Å². The van der Waals surface area contributed by atoms with E-state index in [-0.39, 0.29) is 18.1 Å². The molecule has 2 aromatic carbocycles. The Kier molecular flexibility index (Phi) is 4.24. The normalized spacial score (nSPS) is 15.7. The van der Waals surface area contributed by atoms with E-state index < -0.39 is 17.6 Å². The number of aromatic carboxylic acids is 1. The van der Waals surface area contributed by atoms with Gasteiger partial charge in [0.05, 0.1) is 5.56 Å². The summed E-state index contributed by atoms with van der Waals surface area (Å²) in [5.41, 5.74) is 3.98. The first-order valence-electron chi connectivity index (χ1n) is 9.76. The van der Waals surface area contributed by atoms with E-state index in [9.17, 15) is 9.59 Å². The first-order valence-corrected chi connectivity index (χ1v) is 9.76. The highest BCUT2D eigenvalue weighted by atomic mass is 16.5. The van der Waals surface area contributed by atoms with Gasteiger partial charge in [-0.05, 0) is 35.1 Å². The Balaban J connectivity index is 1.28. The molecule has 150 valence electrons. The number of carboxylic acid groups (broad SMARTS) is 1. The van der Waals surface area contributed by atoms with Gasteiger partial charge < -0.3 is 15.2 Å². The third-order valence-electron chi connectivity index (χ3n) is 5.76. The van der Waals surface area contributed by atoms with Crippen molar-refractivity contribution in [3.05, 3.63) is 83.4 Å². The second-order valence-corrected chi connectivity index (χ2v) is 7.63. The number of benzene rings is 2. The third kappa shape index (κ3) is 3.08. The van der Waals surface area contributed by atoms with Gasteiger partial charge in [-0.1, -0.05) is 48.5 Å². The van der Waals surface area contributed by atoms with Crippen LogP contribution < -0.4 is 5.32 Å². The highest BCUT2D eigenvalue weighted by molar-refractivity contribution is 5.86. The van der Waals surface area contributed by atoms with Gasteiger partial charge in [-0.3, -0.25) is 0 Å². The minimum Gasteiger partial charge on any atom is -0.478 e. The van der Waals surface area contributed by atoms with Crippen LogP contribution in [0.2, 0.25) is 0 Å². The maximum absolute atomic E-state index is 12.5. The molecule has 0 radical (unpaired) electrons. The molecule has 0 bridgehead atoms. The Labute approximate surface area is 172 Å². The van der Waals surface area contributed by atoms with Crippen molar-refractivity contribution in [1.82, 2.24) is 15.3 Å². The van der Waals surface area contributed by atoms with E-state index in [1.54, 1.807) is 0 Å². The molecule has 30 heavy (non-hydrogen) atoms. The van der Waals surface area contributed by atoms with Gasteiger partial charge in [0, 0.05) is 18.3 Å². The summed E-state index contributed by atoms with van der Waals surface area (Å²) in [4.78, 5) is 31.8. The molecule has 1 aromatic heterocycles. The Morgan fingerprint density at radius 3 is 2.10 bits per heavy atom. The minimum atomic E-state index is -1.09. The number of alkyl carbamates (subject to hydrolysis) is 1. The Morgan fingerprint density at radius 2 is 1.57 bits per heavy atom. The van der Waals surface area contributed by atoms with Crippen LogP contribution in [0.25, 0.3) is 11.1 Å². The minimum absolute atomic E-state index is 0.00981. The van der Waals surface area contributed by atoms with Gasteiger partial charge in [0.1, 0.15) is 12.1 Å². The maximum Gasteiger partial charge on any atom is 0.407 e. The summed E-state index contributed by atoms with van der Waals surface area (Å²) in [7, 11) is 0. The summed E-state index contributed by atoms with van der Waals surface area (Å²) >= 11 is 0. The first-order chi connectivity index (χ1) is 14.6. The number of amides is 1. The Bertz CT molecular complexity index is 1090. The zero-order valence-electron chi connectivity index (χ0n) is 16.0. The van der Waals surface area contributed by atoms with Crippen molar-refractivity contribution >= 4 is 12.1 Å². The molecule has 5 rings (SSSR count). The summed E-state index contributed by atoms with van der Waals surface area (Å²) < 4.78 is 5.60. The number of hydrogen-bond acceptors (Lipinski definition) is 5. The number of aromatic nitrogens is 2. The average molecular weight is 401 g/mol. The van der Waals surface area contributed by atoms with Gasteiger partial charge in [0.25, 0.3) is 0 Å². The molecule has 2 aliphatic rings. The van der Waals surface area contributed by atoms with E-state index in [1.165, 1.54) is 23.5 Å². The van der Waals surface area contributed by atoms with Crippen LogP contribution in [0.15, 0.2) is 60.9 Å². The highest BCUT2D eigenvalue weighted by Gasteiger charge is 2.49. The Morgan fingerprint density at radius 1 is 1.00 bits per heavy atom. The average Bonchev–Trinajstić information content (AvgIpc) is 3.48. The fraction of sp³-hybridized carbons (Fsp3) is 0.217. The number of ether oxygens (including phenoxy) is 1. The van der Waals surface area contributed by atoms with E-state index >= 15 is 0 Å². The molecule has 0 unspecified atom stereocenters. The lowest BCUT2D eigenvalue weighted by Crippen LogP contribution is -2.37. The largest absolute Gasteiger partial charge is 0.478 e. The fourth-order valence-corrected chi connectivity index (χ4v) is 4.04. The molecule has 2 N–H and O–H groups in total. The molecular formula is C23H19N3O4. The molecule has 3 aromatic rings. The molecular weight excluding hydrogens is 382 g/mol. The highest BCUT2D eigenvalue weighted by Crippen LogP contribution is 2.45. The van der Waals surface area contributed by atoms with Crippen molar-refractivity contribution in [2.75, 3.05) is 6.61 Å². The van der Waals surface area contributed by atoms with E-state index in [2.05, 4.69) is 39.6 Å². The smallest absolute Gasteiger partial charge is 0.407 e. The first kappa shape index (κ1) is 18.3. The molecule has 1 amide bonds. The zero-order valence-corrected chi connectivity index (χ0v) is 16.0. The van der Waals surface area contributed by atoms with Gasteiger partial charge in [-0.25, -0.2) is 19.6 Å². The number of carbonyl (C=O) groups is 2. The van der Waals surface area contributed by atoms with Crippen molar-refractivity contribution in [3.8, 4) is 11.1 Å². The van der Waals surface area contributed by atoms with E-state index in [0.29, 0.717) is 18.7 Å². The maximum atomic E-state index is 12.5. The molecule has 7 heteroatoms. The van der Waals surface area contributed by atoms with E-state index in [1.807, 2.05) is 24.3 Å². The van der Waals surface area contributed by atoms with Crippen LogP contribution in [-0.4, -0.2) is 33.7 Å². The van der Waals surface area contributed by atoms with Gasteiger partial charge >= 0.3 is 12.1 Å². The molecule has 1 saturated carbocycles. The van der Waals surface area contributed by atoms with Gasteiger partial charge in [-0.15, -0.1) is 0 Å². The van der Waals surface area contributed by atoms with Crippen LogP contribution in [0.4, 0.5) is 4.79 Å². The van der Waals surface area contributed by atoms with Gasteiger partial charge in [-0.2, -0.15) is 0 Å². The van der Waals surface area contributed by atoms with Crippen LogP contribution in [0.3, 0.4) is 0 Å². The van der Waals surface area contributed by atoms with Crippen LogP contribution in [0, 0.1) is 0 Å². The molecule has 0 aliphatic heterocycles. The lowest BCUT2D eigenvalue weighted by atomic mass is 9.98. The fourth-order valence-electron chi connectivity index (χ4n) is 4.04. The third-order valence-corrected chi connectivity index (χ3v) is 5.76. The van der Waals surface area contributed by atoms with Crippen molar-refractivity contribution in [3.63, 3.8) is 0 Å². The quantitative estimate of drug-likeness (QED) is 0.676. The van der Waals surface area contributed by atoms with Crippen molar-refractivity contribution in [2.45, 2.75) is 24.3 Å². The molecule has 2 aliphatic carbocycles. The zero-order chi connectivity index (χ0) is 20.7. The second-order valence-electron chi connectivity index (χ2n) is 7.63. The number of nitrogens with zero attached hydrogens (tertiary/aromatic N) is 2. The van der Waals surface area contributed by atoms with E-state index in [4.69, 9.17) is 9.84 Å². The van der Waals surface area contributed by atoms with Gasteiger partial charge in [0.2, 0.25) is 0 Å². The topological polar surface area (TPSA) is 101 Å².